The Kier molecular flexibility index (Phi) is 4.55. The molecule has 2 aromatic rings. The predicted octanol–water partition coefficient (Wildman–Crippen LogP) is 3.57. The van der Waals surface area contributed by atoms with Crippen LogP contribution in [0.5, 0.6) is 5.75 Å². The maximum absolute atomic E-state index is 13.4. The van der Waals surface area contributed by atoms with Crippen LogP contribution >= 0.6 is 0 Å². The molecule has 4 nitrogen and oxygen atoms in total. The lowest BCUT2D eigenvalue weighted by Crippen LogP contribution is -2.24. The van der Waals surface area contributed by atoms with Crippen LogP contribution in [0.3, 0.4) is 0 Å². The van der Waals surface area contributed by atoms with E-state index < -0.39 is 0 Å². The Hall–Kier alpha value is -2.40. The number of halogens is 1. The minimum absolute atomic E-state index is 0.0267. The molecule has 2 heterocycles. The SMILES string of the molecule is O=C1NCc2ccc(OC[C@@H]3CN(CC4CC4)C[C@H]3c3ccc(F)cc3)cc21. The lowest BCUT2D eigenvalue weighted by atomic mass is 9.89. The molecular weight excluding hydrogens is 355 g/mol. The smallest absolute Gasteiger partial charge is 0.252 e. The van der Waals surface area contributed by atoms with Gasteiger partial charge in [0.1, 0.15) is 11.6 Å². The van der Waals surface area contributed by atoms with Crippen LogP contribution in [-0.4, -0.2) is 37.0 Å². The van der Waals surface area contributed by atoms with Crippen LogP contribution < -0.4 is 10.1 Å². The van der Waals surface area contributed by atoms with Gasteiger partial charge in [-0.25, -0.2) is 4.39 Å². The number of benzene rings is 2. The van der Waals surface area contributed by atoms with Crippen molar-refractivity contribution in [2.24, 2.45) is 11.8 Å². The van der Waals surface area contributed by atoms with Crippen LogP contribution in [0.1, 0.15) is 40.2 Å². The van der Waals surface area contributed by atoms with Crippen molar-refractivity contribution in [3.8, 4) is 5.75 Å². The van der Waals surface area contributed by atoms with Crippen LogP contribution in [0.15, 0.2) is 42.5 Å². The van der Waals surface area contributed by atoms with Gasteiger partial charge in [-0.3, -0.25) is 4.79 Å². The number of fused-ring (bicyclic) bond motifs is 1. The Bertz CT molecular complexity index is 879. The number of nitrogens with one attached hydrogen (secondary N) is 1. The molecule has 3 aliphatic rings. The van der Waals surface area contributed by atoms with Gasteiger partial charge in [-0.15, -0.1) is 0 Å². The van der Waals surface area contributed by atoms with Crippen molar-refractivity contribution >= 4 is 5.91 Å². The van der Waals surface area contributed by atoms with Gasteiger partial charge in [0.15, 0.2) is 0 Å². The number of hydrogen-bond donors (Lipinski definition) is 1. The summed E-state index contributed by atoms with van der Waals surface area (Å²) in [7, 11) is 0. The van der Waals surface area contributed by atoms with Gasteiger partial charge in [-0.05, 0) is 54.2 Å². The molecule has 0 unspecified atom stereocenters. The van der Waals surface area contributed by atoms with Crippen molar-refractivity contribution < 1.29 is 13.9 Å². The number of hydrogen-bond acceptors (Lipinski definition) is 3. The van der Waals surface area contributed by atoms with Crippen molar-refractivity contribution in [3.05, 3.63) is 65.0 Å². The van der Waals surface area contributed by atoms with Crippen LogP contribution in [0.2, 0.25) is 0 Å². The van der Waals surface area contributed by atoms with E-state index in [2.05, 4.69) is 10.2 Å². The van der Waals surface area contributed by atoms with E-state index in [0.717, 1.165) is 42.4 Å². The first kappa shape index (κ1) is 17.7. The van der Waals surface area contributed by atoms with Crippen molar-refractivity contribution in [1.29, 1.82) is 0 Å². The van der Waals surface area contributed by atoms with Gasteiger partial charge < -0.3 is 15.0 Å². The van der Waals surface area contributed by atoms with E-state index in [0.29, 0.717) is 25.0 Å². The molecule has 1 saturated heterocycles. The Morgan fingerprint density at radius 3 is 2.71 bits per heavy atom. The van der Waals surface area contributed by atoms with Gasteiger partial charge in [0.2, 0.25) is 0 Å². The highest BCUT2D eigenvalue weighted by molar-refractivity contribution is 5.98. The predicted molar refractivity (Wildman–Crippen MR) is 105 cm³/mol. The lowest BCUT2D eigenvalue weighted by molar-refractivity contribution is 0.0965. The van der Waals surface area contributed by atoms with Crippen LogP contribution in [0.4, 0.5) is 4.39 Å². The average molecular weight is 380 g/mol. The van der Waals surface area contributed by atoms with E-state index in [9.17, 15) is 9.18 Å². The van der Waals surface area contributed by atoms with Crippen LogP contribution in [0.25, 0.3) is 0 Å². The normalized spacial score (nSPS) is 24.2. The average Bonchev–Trinajstić information content (AvgIpc) is 3.31. The quantitative estimate of drug-likeness (QED) is 0.833. The first-order chi connectivity index (χ1) is 13.7. The number of amides is 1. The van der Waals surface area contributed by atoms with Crippen molar-refractivity contribution in [2.45, 2.75) is 25.3 Å². The molecule has 5 rings (SSSR count). The number of ether oxygens (including phenoxy) is 1. The summed E-state index contributed by atoms with van der Waals surface area (Å²) in [4.78, 5) is 14.4. The molecular formula is C23H25FN2O2. The third-order valence-corrected chi connectivity index (χ3v) is 6.26. The third kappa shape index (κ3) is 3.63. The number of carbonyl (C=O) groups excluding carboxylic acids is 1. The zero-order valence-electron chi connectivity index (χ0n) is 15.9. The summed E-state index contributed by atoms with van der Waals surface area (Å²) in [6, 6.07) is 12.7. The van der Waals surface area contributed by atoms with Gasteiger partial charge in [-0.2, -0.15) is 0 Å². The second-order valence-electron chi connectivity index (χ2n) is 8.39. The van der Waals surface area contributed by atoms with Gasteiger partial charge in [-0.1, -0.05) is 18.2 Å². The fraction of sp³-hybridized carbons (Fsp3) is 0.435. The van der Waals surface area contributed by atoms with E-state index in [4.69, 9.17) is 4.74 Å². The summed E-state index contributed by atoms with van der Waals surface area (Å²) in [5, 5.41) is 2.84. The highest BCUT2D eigenvalue weighted by Gasteiger charge is 2.36. The Labute approximate surface area is 164 Å². The fourth-order valence-electron chi connectivity index (χ4n) is 4.52. The number of nitrogens with zero attached hydrogens (tertiary/aromatic N) is 1. The summed E-state index contributed by atoms with van der Waals surface area (Å²) in [6.45, 7) is 4.36. The Morgan fingerprint density at radius 1 is 1.11 bits per heavy atom. The van der Waals surface area contributed by atoms with Crippen molar-refractivity contribution in [2.75, 3.05) is 26.2 Å². The number of rotatable bonds is 6. The Balaban J connectivity index is 1.30. The van der Waals surface area contributed by atoms with E-state index in [-0.39, 0.29) is 11.7 Å². The lowest BCUT2D eigenvalue weighted by Gasteiger charge is -2.19. The van der Waals surface area contributed by atoms with E-state index in [1.807, 2.05) is 30.3 Å². The molecule has 1 amide bonds. The van der Waals surface area contributed by atoms with Crippen LogP contribution in [-0.2, 0) is 6.54 Å². The van der Waals surface area contributed by atoms with E-state index >= 15 is 0 Å². The minimum Gasteiger partial charge on any atom is -0.493 e. The number of likely N-dealkylation sites (tertiary alicyclic amines) is 1. The van der Waals surface area contributed by atoms with Gasteiger partial charge >= 0.3 is 0 Å². The summed E-state index contributed by atoms with van der Waals surface area (Å²) >= 11 is 0. The molecule has 146 valence electrons. The molecule has 0 spiro atoms. The highest BCUT2D eigenvalue weighted by Crippen LogP contribution is 2.37. The topological polar surface area (TPSA) is 41.6 Å². The largest absolute Gasteiger partial charge is 0.493 e. The second-order valence-corrected chi connectivity index (χ2v) is 8.39. The molecule has 2 aromatic carbocycles. The monoisotopic (exact) mass is 380 g/mol. The molecule has 1 saturated carbocycles. The molecule has 28 heavy (non-hydrogen) atoms. The van der Waals surface area contributed by atoms with E-state index in [1.165, 1.54) is 18.4 Å². The van der Waals surface area contributed by atoms with Crippen molar-refractivity contribution in [3.63, 3.8) is 0 Å². The fourth-order valence-corrected chi connectivity index (χ4v) is 4.52. The molecule has 1 aliphatic carbocycles. The summed E-state index contributed by atoms with van der Waals surface area (Å²) in [5.41, 5.74) is 2.93. The summed E-state index contributed by atoms with van der Waals surface area (Å²) in [6.07, 6.45) is 2.69. The van der Waals surface area contributed by atoms with Gasteiger partial charge in [0.05, 0.1) is 6.61 Å². The van der Waals surface area contributed by atoms with Crippen LogP contribution in [0, 0.1) is 17.7 Å². The summed E-state index contributed by atoms with van der Waals surface area (Å²) < 4.78 is 19.5. The molecule has 2 atom stereocenters. The zero-order valence-corrected chi connectivity index (χ0v) is 15.9. The highest BCUT2D eigenvalue weighted by atomic mass is 19.1. The van der Waals surface area contributed by atoms with Gasteiger partial charge in [0, 0.05) is 43.6 Å². The summed E-state index contributed by atoms with van der Waals surface area (Å²) in [5.74, 6) is 2.07. The maximum atomic E-state index is 13.4. The number of carbonyl (C=O) groups is 1. The van der Waals surface area contributed by atoms with Crippen molar-refractivity contribution in [1.82, 2.24) is 10.2 Å². The molecule has 2 fully saturated rings. The standard InChI is InChI=1S/C23H25FN2O2/c24-19-6-3-16(4-7-19)22-13-26(11-15-1-2-15)12-18(22)14-28-20-8-5-17-10-25-23(27)21(17)9-20/h3-9,15,18,22H,1-2,10-14H2,(H,25,27)/t18-,22-/m0/s1. The molecule has 1 N–H and O–H groups in total. The maximum Gasteiger partial charge on any atom is 0.252 e. The first-order valence-corrected chi connectivity index (χ1v) is 10.2. The molecule has 0 aromatic heterocycles. The zero-order chi connectivity index (χ0) is 19.1. The van der Waals surface area contributed by atoms with Gasteiger partial charge in [0.25, 0.3) is 5.91 Å². The third-order valence-electron chi connectivity index (χ3n) is 6.26. The molecule has 2 aliphatic heterocycles. The van der Waals surface area contributed by atoms with E-state index in [1.54, 1.807) is 12.1 Å². The molecule has 0 bridgehead atoms. The first-order valence-electron chi connectivity index (χ1n) is 10.2. The Morgan fingerprint density at radius 2 is 1.93 bits per heavy atom. The second kappa shape index (κ2) is 7.21. The molecule has 5 heteroatoms. The molecule has 0 radical (unpaired) electrons. The minimum atomic E-state index is -0.194.